The van der Waals surface area contributed by atoms with Crippen LogP contribution in [0.2, 0.25) is 0 Å². The molecule has 0 aliphatic heterocycles. The van der Waals surface area contributed by atoms with Gasteiger partial charge in [-0.3, -0.25) is 0 Å². The molecule has 0 aliphatic rings. The Morgan fingerprint density at radius 2 is 2.00 bits per heavy atom. The summed E-state index contributed by atoms with van der Waals surface area (Å²) in [4.78, 5) is 4.45. The van der Waals surface area contributed by atoms with E-state index in [-0.39, 0.29) is 0 Å². The summed E-state index contributed by atoms with van der Waals surface area (Å²) < 4.78 is 5.94. The predicted molar refractivity (Wildman–Crippen MR) is 75.6 cm³/mol. The molecule has 0 saturated heterocycles. The molecule has 0 amide bonds. The predicted octanol–water partition coefficient (Wildman–Crippen LogP) is 4.71. The van der Waals surface area contributed by atoms with Crippen LogP contribution in [-0.4, -0.2) is 4.98 Å². The number of hydrogen-bond donors (Lipinski definition) is 0. The number of aryl methyl sites for hydroxylation is 1. The van der Waals surface area contributed by atoms with Gasteiger partial charge in [0, 0.05) is 22.0 Å². The van der Waals surface area contributed by atoms with Crippen molar-refractivity contribution in [1.82, 2.24) is 4.98 Å². The minimum Gasteiger partial charge on any atom is -0.437 e. The van der Waals surface area contributed by atoms with Crippen LogP contribution in [0.4, 0.5) is 0 Å². The van der Waals surface area contributed by atoms with Crippen LogP contribution < -0.4 is 0 Å². The van der Waals surface area contributed by atoms with Gasteiger partial charge in [0.05, 0.1) is 0 Å². The van der Waals surface area contributed by atoms with Gasteiger partial charge in [0.1, 0.15) is 5.58 Å². The second-order valence-electron chi connectivity index (χ2n) is 4.56. The first-order chi connectivity index (χ1) is 8.70. The largest absolute Gasteiger partial charge is 0.437 e. The van der Waals surface area contributed by atoms with Crippen LogP contribution in [0.25, 0.3) is 27.6 Å². The zero-order chi connectivity index (χ0) is 12.7. The number of para-hydroxylation sites is 1. The normalized spacial score (nSPS) is 12.5. The third-order valence-corrected chi connectivity index (χ3v) is 3.36. The number of benzene rings is 1. The molecule has 2 nitrogen and oxygen atoms in total. The first-order valence-electron chi connectivity index (χ1n) is 6.13. The van der Waals surface area contributed by atoms with Crippen molar-refractivity contribution in [2.24, 2.45) is 0 Å². The molecule has 1 aromatic carbocycles. The van der Waals surface area contributed by atoms with Gasteiger partial charge in [-0.1, -0.05) is 24.3 Å². The van der Waals surface area contributed by atoms with Gasteiger partial charge in [-0.25, -0.2) is 4.98 Å². The summed E-state index contributed by atoms with van der Waals surface area (Å²) in [5.74, 6) is 0. The molecule has 3 aromatic rings. The molecule has 90 valence electrons. The fraction of sp³-hybridized carbons (Fsp3) is 0.188. The van der Waals surface area contributed by atoms with E-state index >= 15 is 0 Å². The highest BCUT2D eigenvalue weighted by atomic mass is 16.3. The van der Waals surface area contributed by atoms with Crippen molar-refractivity contribution in [3.05, 3.63) is 47.7 Å². The van der Waals surface area contributed by atoms with E-state index in [0.29, 0.717) is 0 Å². The smallest absolute Gasteiger partial charge is 0.227 e. The maximum absolute atomic E-state index is 5.94. The Morgan fingerprint density at radius 1 is 1.17 bits per heavy atom. The summed E-state index contributed by atoms with van der Waals surface area (Å²) in [5.41, 5.74) is 5.00. The first kappa shape index (κ1) is 11.0. The molecule has 0 aliphatic carbocycles. The van der Waals surface area contributed by atoms with Crippen LogP contribution in [0.15, 0.2) is 40.8 Å². The highest BCUT2D eigenvalue weighted by Crippen LogP contribution is 2.32. The Hall–Kier alpha value is -2.09. The highest BCUT2D eigenvalue weighted by Gasteiger charge is 2.11. The van der Waals surface area contributed by atoms with Gasteiger partial charge >= 0.3 is 0 Å². The highest BCUT2D eigenvalue weighted by molar-refractivity contribution is 6.06. The summed E-state index contributed by atoms with van der Waals surface area (Å²) in [6.45, 7) is 6.12. The van der Waals surface area contributed by atoms with E-state index in [4.69, 9.17) is 4.42 Å². The Balaban J connectivity index is 2.45. The number of aromatic nitrogens is 1. The second kappa shape index (κ2) is 3.98. The molecule has 0 unspecified atom stereocenters. The van der Waals surface area contributed by atoms with Crippen LogP contribution in [0.1, 0.15) is 25.1 Å². The lowest BCUT2D eigenvalue weighted by molar-refractivity contribution is 0.651. The van der Waals surface area contributed by atoms with Gasteiger partial charge in [-0.2, -0.15) is 0 Å². The lowest BCUT2D eigenvalue weighted by atomic mass is 10.0. The van der Waals surface area contributed by atoms with Crippen molar-refractivity contribution in [1.29, 1.82) is 0 Å². The van der Waals surface area contributed by atoms with Crippen molar-refractivity contribution < 1.29 is 4.42 Å². The number of fused-ring (bicyclic) bond motifs is 3. The lowest BCUT2D eigenvalue weighted by Crippen LogP contribution is -1.79. The van der Waals surface area contributed by atoms with Gasteiger partial charge in [0.15, 0.2) is 0 Å². The summed E-state index contributed by atoms with van der Waals surface area (Å²) in [5, 5.41) is 2.22. The third-order valence-electron chi connectivity index (χ3n) is 3.36. The molecule has 2 heterocycles. The minimum absolute atomic E-state index is 0.723. The molecule has 0 atom stereocenters. The molecule has 0 saturated carbocycles. The van der Waals surface area contributed by atoms with Gasteiger partial charge < -0.3 is 4.42 Å². The Bertz CT molecular complexity index is 765. The first-order valence-corrected chi connectivity index (χ1v) is 6.13. The van der Waals surface area contributed by atoms with E-state index in [2.05, 4.69) is 42.2 Å². The summed E-state index contributed by atoms with van der Waals surface area (Å²) >= 11 is 0. The molecule has 0 spiro atoms. The van der Waals surface area contributed by atoms with Crippen molar-refractivity contribution in [2.45, 2.75) is 20.8 Å². The van der Waals surface area contributed by atoms with E-state index in [1.165, 1.54) is 5.57 Å². The average molecular weight is 237 g/mol. The second-order valence-corrected chi connectivity index (χ2v) is 4.56. The van der Waals surface area contributed by atoms with Crippen LogP contribution in [0.3, 0.4) is 0 Å². The number of rotatable bonds is 1. The van der Waals surface area contributed by atoms with E-state index in [0.717, 1.165) is 33.3 Å². The summed E-state index contributed by atoms with van der Waals surface area (Å²) in [7, 11) is 0. The molecule has 0 bridgehead atoms. The third kappa shape index (κ3) is 1.53. The Kier molecular flexibility index (Phi) is 2.44. The van der Waals surface area contributed by atoms with Crippen LogP contribution in [-0.2, 0) is 0 Å². The van der Waals surface area contributed by atoms with Crippen molar-refractivity contribution >= 4 is 27.6 Å². The number of pyridine rings is 1. The topological polar surface area (TPSA) is 26.0 Å². The number of allylic oxidation sites excluding steroid dienone is 2. The zero-order valence-electron chi connectivity index (χ0n) is 10.8. The molecule has 2 heteroatoms. The molecular weight excluding hydrogens is 222 g/mol. The van der Waals surface area contributed by atoms with E-state index in [9.17, 15) is 0 Å². The molecule has 18 heavy (non-hydrogen) atoms. The van der Waals surface area contributed by atoms with E-state index in [1.807, 2.05) is 19.9 Å². The average Bonchev–Trinajstić information content (AvgIpc) is 2.74. The Labute approximate surface area is 106 Å². The maximum atomic E-state index is 5.94. The maximum Gasteiger partial charge on any atom is 0.227 e. The standard InChI is InChI=1S/C16H15NO/c1-4-10(2)12-6-5-7-13-14-9-8-11(3)17-16(14)18-15(12)13/h4-9H,1-3H3/b10-4+. The summed E-state index contributed by atoms with van der Waals surface area (Å²) in [6.07, 6.45) is 2.10. The summed E-state index contributed by atoms with van der Waals surface area (Å²) in [6, 6.07) is 10.3. The Morgan fingerprint density at radius 3 is 2.78 bits per heavy atom. The van der Waals surface area contributed by atoms with Crippen molar-refractivity contribution in [2.75, 3.05) is 0 Å². The SMILES string of the molecule is C/C=C(\C)c1cccc2c1oc1nc(C)ccc12. The van der Waals surface area contributed by atoms with Gasteiger partial charge in [0.25, 0.3) is 0 Å². The quantitative estimate of drug-likeness (QED) is 0.612. The fourth-order valence-corrected chi connectivity index (χ4v) is 2.24. The lowest BCUT2D eigenvalue weighted by Gasteiger charge is -2.00. The molecule has 0 fully saturated rings. The molecule has 3 rings (SSSR count). The van der Waals surface area contributed by atoms with E-state index in [1.54, 1.807) is 0 Å². The number of nitrogens with zero attached hydrogens (tertiary/aromatic N) is 1. The van der Waals surface area contributed by atoms with Crippen LogP contribution in [0.5, 0.6) is 0 Å². The molecular formula is C16H15NO. The fourth-order valence-electron chi connectivity index (χ4n) is 2.24. The van der Waals surface area contributed by atoms with Crippen molar-refractivity contribution in [3.8, 4) is 0 Å². The molecule has 0 N–H and O–H groups in total. The number of furan rings is 1. The van der Waals surface area contributed by atoms with Gasteiger partial charge in [-0.05, 0) is 38.5 Å². The molecule has 0 radical (unpaired) electrons. The van der Waals surface area contributed by atoms with Crippen molar-refractivity contribution in [3.63, 3.8) is 0 Å². The zero-order valence-corrected chi connectivity index (χ0v) is 10.8. The van der Waals surface area contributed by atoms with Gasteiger partial charge in [-0.15, -0.1) is 0 Å². The number of hydrogen-bond acceptors (Lipinski definition) is 2. The minimum atomic E-state index is 0.723. The van der Waals surface area contributed by atoms with Crippen LogP contribution >= 0.6 is 0 Å². The van der Waals surface area contributed by atoms with Crippen LogP contribution in [0, 0.1) is 6.92 Å². The molecule has 2 aromatic heterocycles. The monoisotopic (exact) mass is 237 g/mol. The van der Waals surface area contributed by atoms with E-state index < -0.39 is 0 Å². The van der Waals surface area contributed by atoms with Gasteiger partial charge in [0.2, 0.25) is 5.71 Å².